The summed E-state index contributed by atoms with van der Waals surface area (Å²) in [5.41, 5.74) is 6.57. The molecule has 0 aliphatic rings. The molecule has 0 radical (unpaired) electrons. The second-order valence-corrected chi connectivity index (χ2v) is 6.58. The number of hydrogen-bond donors (Lipinski definition) is 3. The summed E-state index contributed by atoms with van der Waals surface area (Å²) >= 11 is 0. The van der Waals surface area contributed by atoms with Crippen molar-refractivity contribution in [1.29, 1.82) is 0 Å². The van der Waals surface area contributed by atoms with Gasteiger partial charge in [-0.2, -0.15) is 5.48 Å². The van der Waals surface area contributed by atoms with Gasteiger partial charge >= 0.3 is 0 Å². The van der Waals surface area contributed by atoms with Crippen LogP contribution in [0.5, 0.6) is 5.75 Å². The van der Waals surface area contributed by atoms with Gasteiger partial charge in [0.1, 0.15) is 11.4 Å². The fourth-order valence-corrected chi connectivity index (χ4v) is 3.22. The molecule has 0 saturated heterocycles. The van der Waals surface area contributed by atoms with Crippen LogP contribution in [0.15, 0.2) is 73.1 Å². The molecule has 0 amide bonds. The Morgan fingerprint density at radius 3 is 2.46 bits per heavy atom. The number of fused-ring (bicyclic) bond motifs is 1. The number of pyridine rings is 1. The fraction of sp³-hybridized carbons (Fsp3) is 0.136. The Hall–Kier alpha value is -3.19. The van der Waals surface area contributed by atoms with E-state index in [-0.39, 0.29) is 0 Å². The van der Waals surface area contributed by atoms with E-state index in [1.165, 1.54) is 0 Å². The van der Waals surface area contributed by atoms with Crippen LogP contribution in [-0.2, 0) is 6.54 Å². The number of methoxy groups -OCH3 is 1. The third-order valence-corrected chi connectivity index (χ3v) is 4.80. The van der Waals surface area contributed by atoms with Crippen LogP contribution in [0.2, 0.25) is 0 Å². The maximum absolute atomic E-state index is 9.58. The van der Waals surface area contributed by atoms with Crippen LogP contribution in [0, 0.1) is 0 Å². The normalized spacial score (nSPS) is 12.2. The van der Waals surface area contributed by atoms with E-state index in [2.05, 4.69) is 21.7 Å². The topological polar surface area (TPSA) is 79.5 Å². The first-order valence-electron chi connectivity index (χ1n) is 8.94. The first kappa shape index (κ1) is 18.2. The fourth-order valence-electron chi connectivity index (χ4n) is 3.22. The van der Waals surface area contributed by atoms with Crippen molar-refractivity contribution in [2.75, 3.05) is 7.11 Å². The molecule has 2 aromatic carbocycles. The molecule has 6 heteroatoms. The minimum atomic E-state index is -1.08. The first-order chi connectivity index (χ1) is 13.7. The molecule has 0 spiro atoms. The van der Waals surface area contributed by atoms with E-state index in [0.717, 1.165) is 33.5 Å². The lowest BCUT2D eigenvalue weighted by Crippen LogP contribution is -2.15. The van der Waals surface area contributed by atoms with Crippen LogP contribution in [-0.4, -0.2) is 27.0 Å². The predicted octanol–water partition coefficient (Wildman–Crippen LogP) is 3.73. The van der Waals surface area contributed by atoms with Crippen molar-refractivity contribution in [2.45, 2.75) is 12.8 Å². The Balaban J connectivity index is 1.57. The lowest BCUT2D eigenvalue weighted by atomic mass is 10.1. The Morgan fingerprint density at radius 1 is 1.04 bits per heavy atom. The van der Waals surface area contributed by atoms with Gasteiger partial charge in [0.05, 0.1) is 7.11 Å². The second kappa shape index (κ2) is 7.82. The lowest BCUT2D eigenvalue weighted by Gasteiger charge is -2.10. The Labute approximate surface area is 162 Å². The Kier molecular flexibility index (Phi) is 5.08. The summed E-state index contributed by atoms with van der Waals surface area (Å²) in [6.45, 7) is 0.668. The zero-order valence-electron chi connectivity index (χ0n) is 15.4. The summed E-state index contributed by atoms with van der Waals surface area (Å²) in [5.74, 6) is 0.831. The lowest BCUT2D eigenvalue weighted by molar-refractivity contribution is 0.000692. The Bertz CT molecular complexity index is 1070. The van der Waals surface area contributed by atoms with Crippen LogP contribution >= 0.6 is 0 Å². The smallest absolute Gasteiger partial charge is 0.152 e. The molecule has 0 bridgehead atoms. The number of benzene rings is 2. The molecule has 2 aromatic heterocycles. The van der Waals surface area contributed by atoms with Crippen molar-refractivity contribution in [3.63, 3.8) is 0 Å². The number of ether oxygens (including phenoxy) is 1. The standard InChI is InChI=1S/C22H21N3O3/c1-28-20-8-6-16(7-9-20)19-12-18-10-11-25(21(18)23-13-19)14-15-2-4-17(5-3-15)22(26)24-27/h2-13,22,24,26-27H,14H2,1H3. The molecule has 2 heterocycles. The van der Waals surface area contributed by atoms with Crippen LogP contribution in [0.4, 0.5) is 0 Å². The molecule has 0 aliphatic carbocycles. The maximum Gasteiger partial charge on any atom is 0.152 e. The predicted molar refractivity (Wildman–Crippen MR) is 107 cm³/mol. The van der Waals surface area contributed by atoms with Gasteiger partial charge in [-0.1, -0.05) is 36.4 Å². The van der Waals surface area contributed by atoms with Gasteiger partial charge in [-0.3, -0.25) is 0 Å². The van der Waals surface area contributed by atoms with Crippen molar-refractivity contribution in [3.05, 3.63) is 84.2 Å². The second-order valence-electron chi connectivity index (χ2n) is 6.58. The number of aromatic nitrogens is 2. The summed E-state index contributed by atoms with van der Waals surface area (Å²) in [4.78, 5) is 4.66. The number of hydrogen-bond acceptors (Lipinski definition) is 5. The van der Waals surface area contributed by atoms with Gasteiger partial charge in [0.2, 0.25) is 0 Å². The van der Waals surface area contributed by atoms with Gasteiger partial charge in [-0.15, -0.1) is 0 Å². The van der Waals surface area contributed by atoms with Gasteiger partial charge in [0, 0.05) is 29.9 Å². The number of nitrogens with one attached hydrogen (secondary N) is 1. The van der Waals surface area contributed by atoms with E-state index >= 15 is 0 Å². The number of nitrogens with zero attached hydrogens (tertiary/aromatic N) is 2. The summed E-state index contributed by atoms with van der Waals surface area (Å²) in [6, 6.07) is 19.5. The monoisotopic (exact) mass is 375 g/mol. The van der Waals surface area contributed by atoms with Crippen LogP contribution in [0.1, 0.15) is 17.4 Å². The van der Waals surface area contributed by atoms with Crippen molar-refractivity contribution in [3.8, 4) is 16.9 Å². The first-order valence-corrected chi connectivity index (χ1v) is 8.94. The molecular weight excluding hydrogens is 354 g/mol. The molecule has 4 rings (SSSR count). The van der Waals surface area contributed by atoms with Crippen molar-refractivity contribution < 1.29 is 15.1 Å². The highest BCUT2D eigenvalue weighted by Crippen LogP contribution is 2.25. The van der Waals surface area contributed by atoms with E-state index in [1.807, 2.05) is 54.3 Å². The van der Waals surface area contributed by atoms with E-state index in [0.29, 0.717) is 12.1 Å². The summed E-state index contributed by atoms with van der Waals surface area (Å²) < 4.78 is 7.30. The molecule has 142 valence electrons. The maximum atomic E-state index is 9.58. The molecule has 0 aliphatic heterocycles. The average Bonchev–Trinajstić information content (AvgIpc) is 3.15. The molecule has 1 atom stereocenters. The highest BCUT2D eigenvalue weighted by atomic mass is 16.5. The molecule has 28 heavy (non-hydrogen) atoms. The molecule has 0 saturated carbocycles. The highest BCUT2D eigenvalue weighted by Gasteiger charge is 2.08. The molecular formula is C22H21N3O3. The van der Waals surface area contributed by atoms with E-state index in [1.54, 1.807) is 19.2 Å². The largest absolute Gasteiger partial charge is 0.497 e. The third-order valence-electron chi connectivity index (χ3n) is 4.80. The molecule has 6 nitrogen and oxygen atoms in total. The van der Waals surface area contributed by atoms with Crippen LogP contribution in [0.25, 0.3) is 22.2 Å². The minimum absolute atomic E-state index is 0.603. The van der Waals surface area contributed by atoms with Gasteiger partial charge < -0.3 is 19.6 Å². The van der Waals surface area contributed by atoms with Crippen molar-refractivity contribution >= 4 is 11.0 Å². The quantitative estimate of drug-likeness (QED) is 0.353. The molecule has 0 fully saturated rings. The number of rotatable bonds is 6. The average molecular weight is 375 g/mol. The molecule has 4 aromatic rings. The van der Waals surface area contributed by atoms with Gasteiger partial charge in [-0.05, 0) is 41.0 Å². The summed E-state index contributed by atoms with van der Waals surface area (Å²) in [6.07, 6.45) is 2.82. The Morgan fingerprint density at radius 2 is 1.79 bits per heavy atom. The van der Waals surface area contributed by atoms with Crippen LogP contribution in [0.3, 0.4) is 0 Å². The summed E-state index contributed by atoms with van der Waals surface area (Å²) in [7, 11) is 1.66. The third kappa shape index (κ3) is 3.61. The van der Waals surface area contributed by atoms with Crippen molar-refractivity contribution in [1.82, 2.24) is 15.0 Å². The van der Waals surface area contributed by atoms with E-state index < -0.39 is 6.23 Å². The number of hydroxylamine groups is 1. The SMILES string of the molecule is COc1ccc(-c2cnc3c(ccn3Cc3ccc(C(O)NO)cc3)c2)cc1. The highest BCUT2D eigenvalue weighted by molar-refractivity contribution is 5.82. The summed E-state index contributed by atoms with van der Waals surface area (Å²) in [5, 5.41) is 19.5. The van der Waals surface area contributed by atoms with Gasteiger partial charge in [0.25, 0.3) is 0 Å². The van der Waals surface area contributed by atoms with Gasteiger partial charge in [-0.25, -0.2) is 4.98 Å². The van der Waals surface area contributed by atoms with Gasteiger partial charge in [0.15, 0.2) is 6.23 Å². The van der Waals surface area contributed by atoms with E-state index in [4.69, 9.17) is 9.94 Å². The molecule has 1 unspecified atom stereocenters. The van der Waals surface area contributed by atoms with E-state index in [9.17, 15) is 5.11 Å². The molecule has 3 N–H and O–H groups in total. The number of aliphatic hydroxyl groups is 1. The zero-order valence-corrected chi connectivity index (χ0v) is 15.4. The van der Waals surface area contributed by atoms with Crippen LogP contribution < -0.4 is 10.2 Å². The van der Waals surface area contributed by atoms with Crippen molar-refractivity contribution in [2.24, 2.45) is 0 Å². The number of aliphatic hydroxyl groups excluding tert-OH is 1. The minimum Gasteiger partial charge on any atom is -0.497 e. The zero-order chi connectivity index (χ0) is 19.5.